The van der Waals surface area contributed by atoms with Gasteiger partial charge in [-0.1, -0.05) is 46.3 Å². The fraction of sp³-hybridized carbons (Fsp3) is 0.250. The molecule has 0 aliphatic heterocycles. The summed E-state index contributed by atoms with van der Waals surface area (Å²) in [6.45, 7) is 0.902. The van der Waals surface area contributed by atoms with Crippen molar-refractivity contribution in [2.75, 3.05) is 12.4 Å². The first kappa shape index (κ1) is 15.6. The van der Waals surface area contributed by atoms with Crippen molar-refractivity contribution in [2.24, 2.45) is 0 Å². The van der Waals surface area contributed by atoms with Crippen molar-refractivity contribution in [3.63, 3.8) is 0 Å². The van der Waals surface area contributed by atoms with Crippen LogP contribution in [0.3, 0.4) is 0 Å². The van der Waals surface area contributed by atoms with E-state index in [2.05, 4.69) is 15.9 Å². The lowest BCUT2D eigenvalue weighted by Gasteiger charge is -2.11. The molecule has 0 aromatic heterocycles. The fourth-order valence-electron chi connectivity index (χ4n) is 1.66. The molecule has 0 spiro atoms. The predicted octanol–water partition coefficient (Wildman–Crippen LogP) is 4.12. The van der Waals surface area contributed by atoms with Crippen LogP contribution in [0.25, 0.3) is 0 Å². The Balaban J connectivity index is 1.65. The zero-order chi connectivity index (χ0) is 14.2. The number of halogens is 1. The van der Waals surface area contributed by atoms with E-state index in [9.17, 15) is 5.11 Å². The number of hydrogen-bond acceptors (Lipinski definition) is 3. The third kappa shape index (κ3) is 5.67. The van der Waals surface area contributed by atoms with E-state index >= 15 is 0 Å². The average Bonchev–Trinajstić information content (AvgIpc) is 2.48. The molecule has 0 fully saturated rings. The Kier molecular flexibility index (Phi) is 6.60. The molecule has 2 aromatic carbocycles. The van der Waals surface area contributed by atoms with Gasteiger partial charge >= 0.3 is 0 Å². The normalized spacial score (nSPS) is 12.3. The molecule has 0 saturated carbocycles. The molecule has 0 radical (unpaired) electrons. The predicted molar refractivity (Wildman–Crippen MR) is 87.0 cm³/mol. The molecule has 1 unspecified atom stereocenters. The van der Waals surface area contributed by atoms with Crippen molar-refractivity contribution in [3.05, 3.63) is 64.6 Å². The average molecular weight is 353 g/mol. The maximum Gasteiger partial charge on any atom is 0.0867 e. The van der Waals surface area contributed by atoms with Gasteiger partial charge in [-0.3, -0.25) is 0 Å². The highest BCUT2D eigenvalue weighted by atomic mass is 79.9. The molecule has 0 aliphatic rings. The van der Waals surface area contributed by atoms with Crippen LogP contribution in [0.4, 0.5) is 0 Å². The number of aliphatic hydroxyl groups excluding tert-OH is 1. The van der Waals surface area contributed by atoms with Gasteiger partial charge in [0.1, 0.15) is 0 Å². The molecule has 2 aromatic rings. The van der Waals surface area contributed by atoms with Crippen LogP contribution in [0.1, 0.15) is 5.56 Å². The molecule has 0 amide bonds. The molecule has 1 atom stereocenters. The van der Waals surface area contributed by atoms with Gasteiger partial charge in [0.05, 0.1) is 19.3 Å². The summed E-state index contributed by atoms with van der Waals surface area (Å²) in [4.78, 5) is 1.15. The maximum absolute atomic E-state index is 9.89. The SMILES string of the molecule is OC(COCc1ccccc1)CSc1ccc(Br)cc1. The molecule has 0 heterocycles. The van der Waals surface area contributed by atoms with Crippen LogP contribution in [0, 0.1) is 0 Å². The third-order valence-electron chi connectivity index (χ3n) is 2.68. The molecule has 0 saturated heterocycles. The molecule has 1 N–H and O–H groups in total. The van der Waals surface area contributed by atoms with Gasteiger partial charge in [0.2, 0.25) is 0 Å². The van der Waals surface area contributed by atoms with E-state index in [1.54, 1.807) is 11.8 Å². The first-order valence-corrected chi connectivity index (χ1v) is 8.20. The largest absolute Gasteiger partial charge is 0.390 e. The number of hydrogen-bond donors (Lipinski definition) is 1. The highest BCUT2D eigenvalue weighted by Gasteiger charge is 2.05. The summed E-state index contributed by atoms with van der Waals surface area (Å²) >= 11 is 5.04. The Morgan fingerprint density at radius 1 is 1.05 bits per heavy atom. The summed E-state index contributed by atoms with van der Waals surface area (Å²) in [7, 11) is 0. The highest BCUT2D eigenvalue weighted by molar-refractivity contribution is 9.10. The Bertz CT molecular complexity index is 502. The number of aliphatic hydroxyl groups is 1. The number of ether oxygens (including phenoxy) is 1. The van der Waals surface area contributed by atoms with Crippen LogP contribution in [-0.4, -0.2) is 23.6 Å². The lowest BCUT2D eigenvalue weighted by atomic mass is 10.2. The van der Waals surface area contributed by atoms with Crippen LogP contribution < -0.4 is 0 Å². The summed E-state index contributed by atoms with van der Waals surface area (Å²) in [6.07, 6.45) is -0.452. The van der Waals surface area contributed by atoms with E-state index in [0.717, 1.165) is 14.9 Å². The standard InChI is InChI=1S/C16H17BrO2S/c17-14-6-8-16(9-7-14)20-12-15(18)11-19-10-13-4-2-1-3-5-13/h1-9,15,18H,10-12H2. The van der Waals surface area contributed by atoms with Crippen LogP contribution in [0.5, 0.6) is 0 Å². The monoisotopic (exact) mass is 352 g/mol. The van der Waals surface area contributed by atoms with E-state index in [-0.39, 0.29) is 0 Å². The van der Waals surface area contributed by atoms with Gasteiger partial charge in [0, 0.05) is 15.1 Å². The fourth-order valence-corrected chi connectivity index (χ4v) is 2.73. The van der Waals surface area contributed by atoms with Crippen LogP contribution >= 0.6 is 27.7 Å². The summed E-state index contributed by atoms with van der Waals surface area (Å²) in [6, 6.07) is 18.1. The second-order valence-electron chi connectivity index (χ2n) is 4.42. The van der Waals surface area contributed by atoms with E-state index < -0.39 is 6.10 Å². The van der Waals surface area contributed by atoms with Crippen LogP contribution in [-0.2, 0) is 11.3 Å². The molecule has 2 rings (SSSR count). The number of rotatable bonds is 7. The van der Waals surface area contributed by atoms with Gasteiger partial charge in [-0.2, -0.15) is 0 Å². The van der Waals surface area contributed by atoms with Crippen molar-refractivity contribution < 1.29 is 9.84 Å². The third-order valence-corrected chi connectivity index (χ3v) is 4.36. The number of thioether (sulfide) groups is 1. The van der Waals surface area contributed by atoms with Crippen molar-refractivity contribution >= 4 is 27.7 Å². The minimum absolute atomic E-state index is 0.360. The van der Waals surface area contributed by atoms with E-state index in [0.29, 0.717) is 19.0 Å². The zero-order valence-electron chi connectivity index (χ0n) is 11.0. The van der Waals surface area contributed by atoms with E-state index in [4.69, 9.17) is 4.74 Å². The Hall–Kier alpha value is -0.810. The molecule has 20 heavy (non-hydrogen) atoms. The Labute approximate surface area is 132 Å². The summed E-state index contributed by atoms with van der Waals surface area (Å²) in [5.41, 5.74) is 1.13. The molecular weight excluding hydrogens is 336 g/mol. The zero-order valence-corrected chi connectivity index (χ0v) is 13.4. The summed E-state index contributed by atoms with van der Waals surface area (Å²) < 4.78 is 6.58. The van der Waals surface area contributed by atoms with Crippen molar-refractivity contribution in [1.82, 2.24) is 0 Å². The lowest BCUT2D eigenvalue weighted by Crippen LogP contribution is -2.17. The molecule has 2 nitrogen and oxygen atoms in total. The second-order valence-corrected chi connectivity index (χ2v) is 6.43. The Morgan fingerprint density at radius 3 is 2.45 bits per heavy atom. The van der Waals surface area contributed by atoms with Gasteiger partial charge in [0.15, 0.2) is 0 Å². The van der Waals surface area contributed by atoms with Gasteiger partial charge < -0.3 is 9.84 Å². The van der Waals surface area contributed by atoms with Crippen LogP contribution in [0.15, 0.2) is 64.0 Å². The van der Waals surface area contributed by atoms with Gasteiger partial charge in [0.25, 0.3) is 0 Å². The first-order valence-electron chi connectivity index (χ1n) is 6.42. The summed E-state index contributed by atoms with van der Waals surface area (Å²) in [5, 5.41) is 9.89. The maximum atomic E-state index is 9.89. The smallest absolute Gasteiger partial charge is 0.0867 e. The lowest BCUT2D eigenvalue weighted by molar-refractivity contribution is 0.0398. The molecule has 0 aliphatic carbocycles. The second kappa shape index (κ2) is 8.47. The topological polar surface area (TPSA) is 29.5 Å². The minimum atomic E-state index is -0.452. The quantitative estimate of drug-likeness (QED) is 0.760. The first-order chi connectivity index (χ1) is 9.74. The molecule has 4 heteroatoms. The van der Waals surface area contributed by atoms with Crippen molar-refractivity contribution in [1.29, 1.82) is 0 Å². The Morgan fingerprint density at radius 2 is 1.75 bits per heavy atom. The van der Waals surface area contributed by atoms with Gasteiger partial charge in [-0.05, 0) is 29.8 Å². The van der Waals surface area contributed by atoms with Crippen molar-refractivity contribution in [3.8, 4) is 0 Å². The van der Waals surface area contributed by atoms with Gasteiger partial charge in [-0.15, -0.1) is 11.8 Å². The minimum Gasteiger partial charge on any atom is -0.390 e. The van der Waals surface area contributed by atoms with Crippen molar-refractivity contribution in [2.45, 2.75) is 17.6 Å². The highest BCUT2D eigenvalue weighted by Crippen LogP contribution is 2.21. The van der Waals surface area contributed by atoms with Gasteiger partial charge in [-0.25, -0.2) is 0 Å². The molecular formula is C16H17BrO2S. The summed E-state index contributed by atoms with van der Waals surface area (Å²) in [5.74, 6) is 0.635. The molecule has 106 valence electrons. The van der Waals surface area contributed by atoms with Crippen LogP contribution in [0.2, 0.25) is 0 Å². The molecule has 0 bridgehead atoms. The number of benzene rings is 2. The van der Waals surface area contributed by atoms with E-state index in [1.165, 1.54) is 0 Å². The van der Waals surface area contributed by atoms with E-state index in [1.807, 2.05) is 54.6 Å².